The minimum atomic E-state index is -0.515. The van der Waals surface area contributed by atoms with Crippen LogP contribution in [0.25, 0.3) is 0 Å². The van der Waals surface area contributed by atoms with Gasteiger partial charge in [0.2, 0.25) is 0 Å². The highest BCUT2D eigenvalue weighted by Crippen LogP contribution is 2.13. The van der Waals surface area contributed by atoms with Crippen LogP contribution in [0.5, 0.6) is 0 Å². The summed E-state index contributed by atoms with van der Waals surface area (Å²) in [4.78, 5) is 28.2. The van der Waals surface area contributed by atoms with Crippen molar-refractivity contribution < 1.29 is 14.0 Å². The molecular formula is C20H22FN3O2. The van der Waals surface area contributed by atoms with Crippen LogP contribution in [0.1, 0.15) is 22.3 Å². The molecule has 3 rings (SSSR count). The summed E-state index contributed by atoms with van der Waals surface area (Å²) in [6.07, 6.45) is 0.666. The summed E-state index contributed by atoms with van der Waals surface area (Å²) in [5.41, 5.74) is 1.11. The van der Waals surface area contributed by atoms with E-state index in [0.717, 1.165) is 5.56 Å². The lowest BCUT2D eigenvalue weighted by Gasteiger charge is -2.22. The molecule has 0 aliphatic carbocycles. The van der Waals surface area contributed by atoms with Crippen LogP contribution in [-0.4, -0.2) is 47.9 Å². The van der Waals surface area contributed by atoms with Gasteiger partial charge in [-0.15, -0.1) is 0 Å². The maximum atomic E-state index is 13.8. The highest BCUT2D eigenvalue weighted by Gasteiger charge is 2.24. The van der Waals surface area contributed by atoms with E-state index < -0.39 is 5.82 Å². The van der Waals surface area contributed by atoms with Crippen molar-refractivity contribution >= 4 is 11.9 Å². The van der Waals surface area contributed by atoms with Crippen LogP contribution < -0.4 is 5.32 Å². The van der Waals surface area contributed by atoms with Crippen molar-refractivity contribution in [1.82, 2.24) is 15.1 Å². The Labute approximate surface area is 152 Å². The molecule has 0 saturated carbocycles. The Kier molecular flexibility index (Phi) is 5.84. The van der Waals surface area contributed by atoms with E-state index in [-0.39, 0.29) is 17.5 Å². The van der Waals surface area contributed by atoms with Crippen molar-refractivity contribution in [3.05, 3.63) is 71.5 Å². The highest BCUT2D eigenvalue weighted by atomic mass is 19.1. The summed E-state index contributed by atoms with van der Waals surface area (Å²) < 4.78 is 13.8. The summed E-state index contributed by atoms with van der Waals surface area (Å²) in [6, 6.07) is 15.6. The normalized spacial score (nSPS) is 14.7. The van der Waals surface area contributed by atoms with Crippen molar-refractivity contribution in [3.63, 3.8) is 0 Å². The summed E-state index contributed by atoms with van der Waals surface area (Å²) in [6.45, 7) is 2.37. The average molecular weight is 355 g/mol. The van der Waals surface area contributed by atoms with E-state index in [2.05, 4.69) is 5.32 Å². The molecule has 6 heteroatoms. The summed E-state index contributed by atoms with van der Waals surface area (Å²) >= 11 is 0. The molecule has 1 saturated heterocycles. The number of hydrogen-bond donors (Lipinski definition) is 1. The average Bonchev–Trinajstić information content (AvgIpc) is 2.93. The third-order valence-corrected chi connectivity index (χ3v) is 4.46. The molecular weight excluding hydrogens is 333 g/mol. The fourth-order valence-electron chi connectivity index (χ4n) is 3.01. The zero-order valence-corrected chi connectivity index (χ0v) is 14.5. The SMILES string of the molecule is O=C(NCc1ccccc1)N1CCCN(C(=O)c2ccccc2F)CC1. The Morgan fingerprint density at radius 1 is 0.885 bits per heavy atom. The minimum Gasteiger partial charge on any atom is -0.337 e. The van der Waals surface area contributed by atoms with Gasteiger partial charge < -0.3 is 15.1 Å². The summed E-state index contributed by atoms with van der Waals surface area (Å²) in [5.74, 6) is -0.839. The fourth-order valence-corrected chi connectivity index (χ4v) is 3.01. The van der Waals surface area contributed by atoms with E-state index in [1.54, 1.807) is 21.9 Å². The molecule has 1 aliphatic rings. The summed E-state index contributed by atoms with van der Waals surface area (Å²) in [5, 5.41) is 2.90. The third kappa shape index (κ3) is 4.39. The van der Waals surface area contributed by atoms with Gasteiger partial charge in [-0.25, -0.2) is 9.18 Å². The van der Waals surface area contributed by atoms with Crippen LogP contribution in [0.3, 0.4) is 0 Å². The van der Waals surface area contributed by atoms with Gasteiger partial charge in [-0.2, -0.15) is 0 Å². The second kappa shape index (κ2) is 8.47. The van der Waals surface area contributed by atoms with E-state index in [1.165, 1.54) is 12.1 Å². The molecule has 1 aliphatic heterocycles. The Morgan fingerprint density at radius 3 is 2.31 bits per heavy atom. The third-order valence-electron chi connectivity index (χ3n) is 4.46. The number of nitrogens with one attached hydrogen (secondary N) is 1. The number of carbonyl (C=O) groups is 2. The number of carbonyl (C=O) groups excluding carboxylic acids is 2. The van der Waals surface area contributed by atoms with E-state index >= 15 is 0 Å². The van der Waals surface area contributed by atoms with Gasteiger partial charge in [-0.1, -0.05) is 42.5 Å². The first-order valence-electron chi connectivity index (χ1n) is 8.75. The molecule has 0 bridgehead atoms. The van der Waals surface area contributed by atoms with Crippen molar-refractivity contribution in [2.45, 2.75) is 13.0 Å². The van der Waals surface area contributed by atoms with E-state index in [4.69, 9.17) is 0 Å². The second-order valence-electron chi connectivity index (χ2n) is 6.26. The van der Waals surface area contributed by atoms with Crippen LogP contribution >= 0.6 is 0 Å². The number of hydrogen-bond acceptors (Lipinski definition) is 2. The van der Waals surface area contributed by atoms with E-state index in [9.17, 15) is 14.0 Å². The second-order valence-corrected chi connectivity index (χ2v) is 6.26. The van der Waals surface area contributed by atoms with Crippen molar-refractivity contribution in [2.24, 2.45) is 0 Å². The number of benzene rings is 2. The first-order chi connectivity index (χ1) is 12.6. The van der Waals surface area contributed by atoms with Gasteiger partial charge in [0.05, 0.1) is 5.56 Å². The lowest BCUT2D eigenvalue weighted by atomic mass is 10.2. The molecule has 26 heavy (non-hydrogen) atoms. The molecule has 1 fully saturated rings. The van der Waals surface area contributed by atoms with Crippen molar-refractivity contribution in [1.29, 1.82) is 0 Å². The lowest BCUT2D eigenvalue weighted by molar-refractivity contribution is 0.0757. The maximum absolute atomic E-state index is 13.8. The topological polar surface area (TPSA) is 52.7 Å². The van der Waals surface area contributed by atoms with Gasteiger partial charge in [0.1, 0.15) is 5.82 Å². The molecule has 2 aromatic rings. The Hall–Kier alpha value is -2.89. The predicted octanol–water partition coefficient (Wildman–Crippen LogP) is 2.88. The first-order valence-corrected chi connectivity index (χ1v) is 8.75. The number of urea groups is 1. The maximum Gasteiger partial charge on any atom is 0.317 e. The van der Waals surface area contributed by atoms with E-state index in [1.807, 2.05) is 30.3 Å². The zero-order valence-electron chi connectivity index (χ0n) is 14.5. The molecule has 0 aromatic heterocycles. The van der Waals surface area contributed by atoms with E-state index in [0.29, 0.717) is 39.1 Å². The molecule has 0 radical (unpaired) electrons. The predicted molar refractivity (Wildman–Crippen MR) is 97.2 cm³/mol. The van der Waals surface area contributed by atoms with Crippen LogP contribution in [0.15, 0.2) is 54.6 Å². The number of halogens is 1. The number of rotatable bonds is 3. The molecule has 3 amide bonds. The monoisotopic (exact) mass is 355 g/mol. The molecule has 1 N–H and O–H groups in total. The van der Waals surface area contributed by atoms with Crippen LogP contribution in [0, 0.1) is 5.82 Å². The smallest absolute Gasteiger partial charge is 0.317 e. The van der Waals surface area contributed by atoms with Gasteiger partial charge in [-0.05, 0) is 24.1 Å². The molecule has 1 heterocycles. The number of amides is 3. The molecule has 0 unspecified atom stereocenters. The Balaban J connectivity index is 1.55. The van der Waals surface area contributed by atoms with Crippen molar-refractivity contribution in [2.75, 3.05) is 26.2 Å². The van der Waals surface area contributed by atoms with Gasteiger partial charge in [0.15, 0.2) is 0 Å². The Morgan fingerprint density at radius 2 is 1.54 bits per heavy atom. The molecule has 0 atom stereocenters. The number of nitrogens with zero attached hydrogens (tertiary/aromatic N) is 2. The van der Waals surface area contributed by atoms with Gasteiger partial charge in [0, 0.05) is 32.7 Å². The molecule has 2 aromatic carbocycles. The first kappa shape index (κ1) is 17.9. The largest absolute Gasteiger partial charge is 0.337 e. The van der Waals surface area contributed by atoms with Crippen LogP contribution in [0.4, 0.5) is 9.18 Å². The zero-order chi connectivity index (χ0) is 18.4. The van der Waals surface area contributed by atoms with Crippen LogP contribution in [0.2, 0.25) is 0 Å². The van der Waals surface area contributed by atoms with Crippen molar-refractivity contribution in [3.8, 4) is 0 Å². The van der Waals surface area contributed by atoms with Gasteiger partial charge in [0.25, 0.3) is 5.91 Å². The quantitative estimate of drug-likeness (QED) is 0.920. The minimum absolute atomic E-state index is 0.0782. The fraction of sp³-hybridized carbons (Fsp3) is 0.300. The van der Waals surface area contributed by atoms with Gasteiger partial charge >= 0.3 is 6.03 Å². The molecule has 5 nitrogen and oxygen atoms in total. The molecule has 0 spiro atoms. The summed E-state index contributed by atoms with van der Waals surface area (Å²) in [7, 11) is 0. The molecule has 136 valence electrons. The lowest BCUT2D eigenvalue weighted by Crippen LogP contribution is -2.42. The Bertz CT molecular complexity index is 767. The standard InChI is InChI=1S/C20H22FN3O2/c21-18-10-5-4-9-17(18)19(25)23-11-6-12-24(14-13-23)20(26)22-15-16-7-2-1-3-8-16/h1-5,7-10H,6,11-15H2,(H,22,26). The van der Waals surface area contributed by atoms with Crippen LogP contribution in [-0.2, 0) is 6.54 Å². The highest BCUT2D eigenvalue weighted by molar-refractivity contribution is 5.94. The van der Waals surface area contributed by atoms with Gasteiger partial charge in [-0.3, -0.25) is 4.79 Å².